The Labute approximate surface area is 187 Å². The van der Waals surface area contributed by atoms with Crippen molar-refractivity contribution in [1.29, 1.82) is 0 Å². The van der Waals surface area contributed by atoms with Gasteiger partial charge in [-0.25, -0.2) is 0 Å². The summed E-state index contributed by atoms with van der Waals surface area (Å²) in [5.74, 6) is 0. The first-order valence-corrected chi connectivity index (χ1v) is 11.3. The van der Waals surface area contributed by atoms with Crippen LogP contribution in [0.25, 0.3) is 0 Å². The number of rotatable bonds is 8. The zero-order valence-electron chi connectivity index (χ0n) is 17.2. The van der Waals surface area contributed by atoms with Gasteiger partial charge < -0.3 is 4.90 Å². The fourth-order valence-electron chi connectivity index (χ4n) is 3.84. The van der Waals surface area contributed by atoms with Crippen LogP contribution in [0.4, 0.5) is 5.69 Å². The molecule has 0 spiro atoms. The molecule has 2 aromatic heterocycles. The Kier molecular flexibility index (Phi) is 7.45. The largest absolute Gasteiger partial charge is 0.369 e. The summed E-state index contributed by atoms with van der Waals surface area (Å²) in [6.45, 7) is 8.07. The third-order valence-electron chi connectivity index (χ3n) is 5.50. The zero-order chi connectivity index (χ0) is 20.6. The van der Waals surface area contributed by atoms with E-state index in [0.717, 1.165) is 68.2 Å². The molecule has 1 aliphatic heterocycles. The first-order valence-electron chi connectivity index (χ1n) is 10.5. The lowest BCUT2D eigenvalue weighted by Crippen LogP contribution is -2.48. The number of benzene rings is 1. The summed E-state index contributed by atoms with van der Waals surface area (Å²) in [5, 5.41) is 0. The Morgan fingerprint density at radius 3 is 2.03 bits per heavy atom. The number of piperazine rings is 1. The number of pyridine rings is 2. The fraction of sp³-hybridized carbons (Fsp3) is 0.333. The quantitative estimate of drug-likeness (QED) is 0.501. The monoisotopic (exact) mass is 465 g/mol. The zero-order valence-corrected chi connectivity index (χ0v) is 18.8. The number of hydrogen-bond acceptors (Lipinski definition) is 5. The van der Waals surface area contributed by atoms with Gasteiger partial charge >= 0.3 is 0 Å². The van der Waals surface area contributed by atoms with Crippen LogP contribution in [0.15, 0.2) is 77.5 Å². The molecule has 1 aliphatic rings. The Morgan fingerprint density at radius 1 is 0.800 bits per heavy atom. The van der Waals surface area contributed by atoms with Crippen LogP contribution in [0.1, 0.15) is 11.4 Å². The summed E-state index contributed by atoms with van der Waals surface area (Å²) >= 11 is 3.58. The lowest BCUT2D eigenvalue weighted by Gasteiger charge is -2.37. The number of aromatic nitrogens is 2. The van der Waals surface area contributed by atoms with Gasteiger partial charge in [0.15, 0.2) is 0 Å². The molecule has 0 unspecified atom stereocenters. The molecule has 0 aliphatic carbocycles. The summed E-state index contributed by atoms with van der Waals surface area (Å²) in [4.78, 5) is 16.5. The predicted octanol–water partition coefficient (Wildman–Crippen LogP) is 4.06. The highest BCUT2D eigenvalue weighted by atomic mass is 79.9. The van der Waals surface area contributed by atoms with Gasteiger partial charge in [-0.1, -0.05) is 34.1 Å². The standard InChI is InChI=1S/C24H28BrN5/c25-21-6-5-9-24(18-21)30-16-14-28(15-17-30)12-13-29(19-22-7-1-3-10-26-22)20-23-8-2-4-11-27-23/h1-11,18H,12-17,19-20H2. The second-order valence-electron chi connectivity index (χ2n) is 7.66. The molecular weight excluding hydrogens is 438 g/mol. The van der Waals surface area contributed by atoms with Gasteiger partial charge in [-0.15, -0.1) is 0 Å². The van der Waals surface area contributed by atoms with Crippen LogP contribution in [0.2, 0.25) is 0 Å². The van der Waals surface area contributed by atoms with Crippen molar-refractivity contribution < 1.29 is 0 Å². The molecule has 4 rings (SSSR count). The molecule has 6 heteroatoms. The van der Waals surface area contributed by atoms with Crippen LogP contribution in [0.3, 0.4) is 0 Å². The van der Waals surface area contributed by atoms with Crippen LogP contribution in [-0.2, 0) is 13.1 Å². The smallest absolute Gasteiger partial charge is 0.0544 e. The van der Waals surface area contributed by atoms with Gasteiger partial charge in [0.25, 0.3) is 0 Å². The molecule has 0 radical (unpaired) electrons. The maximum Gasteiger partial charge on any atom is 0.0544 e. The molecule has 1 fully saturated rings. The van der Waals surface area contributed by atoms with E-state index >= 15 is 0 Å². The average molecular weight is 466 g/mol. The van der Waals surface area contributed by atoms with E-state index in [1.54, 1.807) is 0 Å². The molecular formula is C24H28BrN5. The van der Waals surface area contributed by atoms with E-state index < -0.39 is 0 Å². The Bertz CT molecular complexity index is 856. The van der Waals surface area contributed by atoms with E-state index in [0.29, 0.717) is 0 Å². The molecule has 3 heterocycles. The van der Waals surface area contributed by atoms with E-state index in [2.05, 4.69) is 89.1 Å². The van der Waals surface area contributed by atoms with Crippen molar-refractivity contribution in [3.63, 3.8) is 0 Å². The van der Waals surface area contributed by atoms with Crippen LogP contribution >= 0.6 is 15.9 Å². The van der Waals surface area contributed by atoms with E-state index in [1.807, 2.05) is 24.5 Å². The summed E-state index contributed by atoms with van der Waals surface area (Å²) in [5.41, 5.74) is 3.51. The van der Waals surface area contributed by atoms with E-state index in [9.17, 15) is 0 Å². The highest BCUT2D eigenvalue weighted by Gasteiger charge is 2.18. The molecule has 0 atom stereocenters. The van der Waals surface area contributed by atoms with Crippen molar-refractivity contribution in [2.24, 2.45) is 0 Å². The SMILES string of the molecule is Brc1cccc(N2CCN(CCN(Cc3ccccn3)Cc3ccccn3)CC2)c1. The highest BCUT2D eigenvalue weighted by Crippen LogP contribution is 2.21. The minimum absolute atomic E-state index is 0.843. The number of hydrogen-bond donors (Lipinski definition) is 0. The first kappa shape index (κ1) is 21.0. The van der Waals surface area contributed by atoms with Crippen LogP contribution in [-0.4, -0.2) is 59.0 Å². The van der Waals surface area contributed by atoms with Crippen molar-refractivity contribution in [1.82, 2.24) is 19.8 Å². The Balaban J connectivity index is 1.32. The molecule has 0 amide bonds. The lowest BCUT2D eigenvalue weighted by molar-refractivity contribution is 0.184. The van der Waals surface area contributed by atoms with Crippen LogP contribution < -0.4 is 4.90 Å². The minimum atomic E-state index is 0.843. The Hall–Kier alpha value is -2.28. The van der Waals surface area contributed by atoms with Crippen molar-refractivity contribution in [3.8, 4) is 0 Å². The highest BCUT2D eigenvalue weighted by molar-refractivity contribution is 9.10. The van der Waals surface area contributed by atoms with Crippen LogP contribution in [0, 0.1) is 0 Å². The van der Waals surface area contributed by atoms with E-state index in [4.69, 9.17) is 0 Å². The summed E-state index contributed by atoms with van der Waals surface area (Å²) in [7, 11) is 0. The number of anilines is 1. The van der Waals surface area contributed by atoms with Gasteiger partial charge in [0, 0.05) is 74.9 Å². The van der Waals surface area contributed by atoms with Crippen molar-refractivity contribution in [2.75, 3.05) is 44.2 Å². The lowest BCUT2D eigenvalue weighted by atomic mass is 10.2. The summed E-state index contributed by atoms with van der Waals surface area (Å²) < 4.78 is 1.14. The average Bonchev–Trinajstić information content (AvgIpc) is 2.79. The molecule has 156 valence electrons. The van der Waals surface area contributed by atoms with Crippen molar-refractivity contribution >= 4 is 21.6 Å². The van der Waals surface area contributed by atoms with Gasteiger partial charge in [-0.2, -0.15) is 0 Å². The number of halogens is 1. The molecule has 1 aromatic carbocycles. The molecule has 0 N–H and O–H groups in total. The fourth-order valence-corrected chi connectivity index (χ4v) is 4.23. The first-order chi connectivity index (χ1) is 14.8. The predicted molar refractivity (Wildman–Crippen MR) is 125 cm³/mol. The normalized spacial score (nSPS) is 14.9. The van der Waals surface area contributed by atoms with Gasteiger partial charge in [0.2, 0.25) is 0 Å². The Morgan fingerprint density at radius 2 is 1.47 bits per heavy atom. The maximum absolute atomic E-state index is 4.52. The second-order valence-corrected chi connectivity index (χ2v) is 8.58. The van der Waals surface area contributed by atoms with Crippen molar-refractivity contribution in [3.05, 3.63) is 88.9 Å². The number of nitrogens with zero attached hydrogens (tertiary/aromatic N) is 5. The second kappa shape index (κ2) is 10.7. The molecule has 30 heavy (non-hydrogen) atoms. The molecule has 5 nitrogen and oxygen atoms in total. The molecule has 3 aromatic rings. The minimum Gasteiger partial charge on any atom is -0.369 e. The summed E-state index contributed by atoms with van der Waals surface area (Å²) in [6, 6.07) is 20.8. The van der Waals surface area contributed by atoms with Gasteiger partial charge in [0.05, 0.1) is 11.4 Å². The summed E-state index contributed by atoms with van der Waals surface area (Å²) in [6.07, 6.45) is 3.74. The van der Waals surface area contributed by atoms with Crippen LogP contribution in [0.5, 0.6) is 0 Å². The molecule has 0 saturated carbocycles. The van der Waals surface area contributed by atoms with Gasteiger partial charge in [0.1, 0.15) is 0 Å². The van der Waals surface area contributed by atoms with Crippen molar-refractivity contribution in [2.45, 2.75) is 13.1 Å². The third-order valence-corrected chi connectivity index (χ3v) is 5.99. The van der Waals surface area contributed by atoms with Gasteiger partial charge in [-0.05, 0) is 42.5 Å². The van der Waals surface area contributed by atoms with E-state index in [1.165, 1.54) is 5.69 Å². The maximum atomic E-state index is 4.52. The topological polar surface area (TPSA) is 35.5 Å². The van der Waals surface area contributed by atoms with E-state index in [-0.39, 0.29) is 0 Å². The third kappa shape index (κ3) is 6.11. The molecule has 1 saturated heterocycles. The van der Waals surface area contributed by atoms with Gasteiger partial charge in [-0.3, -0.25) is 19.8 Å². The molecule has 0 bridgehead atoms.